The van der Waals surface area contributed by atoms with Gasteiger partial charge in [0.05, 0.1) is 13.7 Å². The molecule has 9 heteroatoms. The molecule has 0 unspecified atom stereocenters. The number of furan rings is 1. The van der Waals surface area contributed by atoms with Crippen molar-refractivity contribution >= 4 is 28.8 Å². The quantitative estimate of drug-likeness (QED) is 0.602. The van der Waals surface area contributed by atoms with Crippen LogP contribution < -0.4 is 15.4 Å². The zero-order valence-corrected chi connectivity index (χ0v) is 16.3. The molecular formula is C19H20N4O4S. The zero-order chi connectivity index (χ0) is 19.9. The summed E-state index contributed by atoms with van der Waals surface area (Å²) in [6.45, 7) is 2.20. The minimum Gasteiger partial charge on any atom is -0.497 e. The number of amides is 2. The minimum absolute atomic E-state index is 0.117. The van der Waals surface area contributed by atoms with Crippen LogP contribution in [0, 0.1) is 6.92 Å². The van der Waals surface area contributed by atoms with Gasteiger partial charge in [-0.05, 0) is 43.3 Å². The van der Waals surface area contributed by atoms with Crippen LogP contribution in [0.15, 0.2) is 40.8 Å². The summed E-state index contributed by atoms with van der Waals surface area (Å²) in [5.74, 6) is 1.76. The third-order valence-electron chi connectivity index (χ3n) is 3.83. The number of nitrogens with one attached hydrogen (secondary N) is 2. The van der Waals surface area contributed by atoms with Gasteiger partial charge in [0.2, 0.25) is 10.9 Å². The third-order valence-corrected chi connectivity index (χ3v) is 4.81. The lowest BCUT2D eigenvalue weighted by molar-refractivity contribution is -0.121. The van der Waals surface area contributed by atoms with E-state index in [0.29, 0.717) is 35.2 Å². The predicted octanol–water partition coefficient (Wildman–Crippen LogP) is 2.95. The predicted molar refractivity (Wildman–Crippen MR) is 104 cm³/mol. The highest BCUT2D eigenvalue weighted by Crippen LogP contribution is 2.17. The molecule has 8 nitrogen and oxygen atoms in total. The highest BCUT2D eigenvalue weighted by molar-refractivity contribution is 7.13. The number of rotatable bonds is 8. The van der Waals surface area contributed by atoms with E-state index in [9.17, 15) is 9.59 Å². The Bertz CT molecular complexity index is 949. The second-order valence-corrected chi connectivity index (χ2v) is 7.03. The SMILES string of the molecule is COc1ccc(NC(=O)c2nnc(CCC(=O)NCc3ccc(C)o3)s2)cc1. The Morgan fingerprint density at radius 2 is 1.93 bits per heavy atom. The summed E-state index contributed by atoms with van der Waals surface area (Å²) >= 11 is 1.17. The van der Waals surface area contributed by atoms with Crippen LogP contribution in [0.2, 0.25) is 0 Å². The van der Waals surface area contributed by atoms with Gasteiger partial charge in [-0.3, -0.25) is 9.59 Å². The van der Waals surface area contributed by atoms with Crippen LogP contribution in [-0.2, 0) is 17.8 Å². The Morgan fingerprint density at radius 3 is 2.61 bits per heavy atom. The maximum absolute atomic E-state index is 12.3. The van der Waals surface area contributed by atoms with Gasteiger partial charge >= 0.3 is 0 Å². The van der Waals surface area contributed by atoms with Crippen molar-refractivity contribution in [3.05, 3.63) is 57.9 Å². The lowest BCUT2D eigenvalue weighted by Crippen LogP contribution is -2.22. The van der Waals surface area contributed by atoms with E-state index in [2.05, 4.69) is 20.8 Å². The molecule has 0 radical (unpaired) electrons. The Hall–Kier alpha value is -3.20. The number of anilines is 1. The van der Waals surface area contributed by atoms with Crippen LogP contribution in [0.3, 0.4) is 0 Å². The van der Waals surface area contributed by atoms with E-state index in [1.165, 1.54) is 11.3 Å². The number of methoxy groups -OCH3 is 1. The molecule has 0 aliphatic rings. The average molecular weight is 400 g/mol. The van der Waals surface area contributed by atoms with E-state index >= 15 is 0 Å². The summed E-state index contributed by atoms with van der Waals surface area (Å²) in [5.41, 5.74) is 0.634. The number of hydrogen-bond acceptors (Lipinski definition) is 7. The number of nitrogens with zero attached hydrogens (tertiary/aromatic N) is 2. The first-order valence-corrected chi connectivity index (χ1v) is 9.45. The van der Waals surface area contributed by atoms with Gasteiger partial charge in [0.15, 0.2) is 0 Å². The molecule has 0 bridgehead atoms. The van der Waals surface area contributed by atoms with Crippen LogP contribution in [0.5, 0.6) is 5.75 Å². The van der Waals surface area contributed by atoms with E-state index in [1.807, 2.05) is 19.1 Å². The van der Waals surface area contributed by atoms with Crippen LogP contribution >= 0.6 is 11.3 Å². The van der Waals surface area contributed by atoms with Gasteiger partial charge in [0.1, 0.15) is 22.3 Å². The molecule has 0 atom stereocenters. The van der Waals surface area contributed by atoms with Gasteiger partial charge in [0.25, 0.3) is 5.91 Å². The number of carbonyl (C=O) groups excluding carboxylic acids is 2. The lowest BCUT2D eigenvalue weighted by Gasteiger charge is -2.04. The van der Waals surface area contributed by atoms with Crippen molar-refractivity contribution in [2.45, 2.75) is 26.3 Å². The molecule has 0 saturated carbocycles. The number of aryl methyl sites for hydroxylation is 2. The number of hydrogen-bond donors (Lipinski definition) is 2. The topological polar surface area (TPSA) is 106 Å². The van der Waals surface area contributed by atoms with Gasteiger partial charge in [0, 0.05) is 18.5 Å². The van der Waals surface area contributed by atoms with Gasteiger partial charge < -0.3 is 19.8 Å². The first kappa shape index (κ1) is 19.6. The minimum atomic E-state index is -0.341. The summed E-state index contributed by atoms with van der Waals surface area (Å²) in [6.07, 6.45) is 0.672. The molecule has 3 rings (SSSR count). The highest BCUT2D eigenvalue weighted by Gasteiger charge is 2.14. The smallest absolute Gasteiger partial charge is 0.286 e. The number of benzene rings is 1. The fourth-order valence-corrected chi connectivity index (χ4v) is 3.11. The summed E-state index contributed by atoms with van der Waals surface area (Å²) in [4.78, 5) is 24.2. The molecule has 28 heavy (non-hydrogen) atoms. The molecule has 2 aromatic heterocycles. The molecular weight excluding hydrogens is 380 g/mol. The van der Waals surface area contributed by atoms with E-state index in [4.69, 9.17) is 9.15 Å². The van der Waals surface area contributed by atoms with Gasteiger partial charge in [-0.1, -0.05) is 11.3 Å². The molecule has 1 aromatic carbocycles. The van der Waals surface area contributed by atoms with E-state index in [1.54, 1.807) is 31.4 Å². The standard InChI is InChI=1S/C19H20N4O4S/c1-12-3-6-15(27-12)11-20-16(24)9-10-17-22-23-19(28-17)18(25)21-13-4-7-14(26-2)8-5-13/h3-8H,9-11H2,1-2H3,(H,20,24)(H,21,25). The molecule has 0 aliphatic heterocycles. The molecule has 146 valence electrons. The third kappa shape index (κ3) is 5.40. The molecule has 0 fully saturated rings. The largest absolute Gasteiger partial charge is 0.497 e. The van der Waals surface area contributed by atoms with Gasteiger partial charge in [-0.15, -0.1) is 10.2 Å². The number of aromatic nitrogens is 2. The fourth-order valence-electron chi connectivity index (χ4n) is 2.38. The van der Waals surface area contributed by atoms with Crippen molar-refractivity contribution in [2.75, 3.05) is 12.4 Å². The first-order chi connectivity index (χ1) is 13.5. The van der Waals surface area contributed by atoms with Crippen molar-refractivity contribution in [1.82, 2.24) is 15.5 Å². The monoisotopic (exact) mass is 400 g/mol. The molecule has 3 aromatic rings. The van der Waals surface area contributed by atoms with Gasteiger partial charge in [-0.2, -0.15) is 0 Å². The summed E-state index contributed by atoms with van der Waals surface area (Å²) in [6, 6.07) is 10.7. The van der Waals surface area contributed by atoms with Crippen LogP contribution in [0.4, 0.5) is 5.69 Å². The van der Waals surface area contributed by atoms with E-state index in [0.717, 1.165) is 5.76 Å². The summed E-state index contributed by atoms with van der Waals surface area (Å²) in [5, 5.41) is 14.3. The fraction of sp³-hybridized carbons (Fsp3) is 0.263. The normalized spacial score (nSPS) is 10.5. The molecule has 0 spiro atoms. The molecule has 2 N–H and O–H groups in total. The zero-order valence-electron chi connectivity index (χ0n) is 15.5. The number of ether oxygens (including phenoxy) is 1. The molecule has 0 aliphatic carbocycles. The first-order valence-electron chi connectivity index (χ1n) is 8.63. The second-order valence-electron chi connectivity index (χ2n) is 5.97. The van der Waals surface area contributed by atoms with Crippen molar-refractivity contribution in [2.24, 2.45) is 0 Å². The summed E-state index contributed by atoms with van der Waals surface area (Å²) < 4.78 is 10.5. The number of carbonyl (C=O) groups is 2. The van der Waals surface area contributed by atoms with Crippen LogP contribution in [0.1, 0.15) is 32.8 Å². The maximum atomic E-state index is 12.3. The maximum Gasteiger partial charge on any atom is 0.286 e. The average Bonchev–Trinajstić information content (AvgIpc) is 3.34. The highest BCUT2D eigenvalue weighted by atomic mass is 32.1. The Labute approximate surface area is 165 Å². The molecule has 2 heterocycles. The second kappa shape index (κ2) is 9.14. The Kier molecular flexibility index (Phi) is 6.38. The van der Waals surface area contributed by atoms with Crippen molar-refractivity contribution in [3.63, 3.8) is 0 Å². The van der Waals surface area contributed by atoms with Crippen molar-refractivity contribution in [3.8, 4) is 5.75 Å². The van der Waals surface area contributed by atoms with Crippen LogP contribution in [-0.4, -0.2) is 29.1 Å². The molecule has 0 saturated heterocycles. The van der Waals surface area contributed by atoms with Crippen molar-refractivity contribution < 1.29 is 18.7 Å². The Morgan fingerprint density at radius 1 is 1.14 bits per heavy atom. The van der Waals surface area contributed by atoms with Crippen LogP contribution in [0.25, 0.3) is 0 Å². The van der Waals surface area contributed by atoms with E-state index < -0.39 is 0 Å². The Balaban J connectivity index is 1.46. The summed E-state index contributed by atoms with van der Waals surface area (Å²) in [7, 11) is 1.58. The van der Waals surface area contributed by atoms with E-state index in [-0.39, 0.29) is 23.2 Å². The van der Waals surface area contributed by atoms with Crippen molar-refractivity contribution in [1.29, 1.82) is 0 Å². The lowest BCUT2D eigenvalue weighted by atomic mass is 10.3. The van der Waals surface area contributed by atoms with Gasteiger partial charge in [-0.25, -0.2) is 0 Å². The molecule has 2 amide bonds.